The molecule has 1 rings (SSSR count). The fraction of sp³-hybridized carbons (Fsp3) is 0.920. The van der Waals surface area contributed by atoms with Crippen molar-refractivity contribution >= 4 is 11.8 Å². The minimum atomic E-state index is -1.12. The van der Waals surface area contributed by atoms with Crippen molar-refractivity contribution in [2.45, 2.75) is 122 Å². The van der Waals surface area contributed by atoms with Crippen LogP contribution in [0.5, 0.6) is 0 Å². The van der Waals surface area contributed by atoms with E-state index in [0.717, 1.165) is 12.8 Å². The van der Waals surface area contributed by atoms with Crippen LogP contribution in [-0.2, 0) is 19.1 Å². The highest BCUT2D eigenvalue weighted by Gasteiger charge is 2.43. The van der Waals surface area contributed by atoms with Crippen molar-refractivity contribution in [2.75, 3.05) is 6.61 Å². The summed E-state index contributed by atoms with van der Waals surface area (Å²) < 4.78 is 11.6. The molecule has 200 valence electrons. The van der Waals surface area contributed by atoms with E-state index in [-0.39, 0.29) is 49.9 Å². The summed E-state index contributed by atoms with van der Waals surface area (Å²) in [6, 6.07) is 0. The number of Topliss-reactive ketones (excluding diaryl/α,β-unsaturated/α-hetero) is 1. The van der Waals surface area contributed by atoms with Crippen molar-refractivity contribution in [3.05, 3.63) is 0 Å². The van der Waals surface area contributed by atoms with Gasteiger partial charge in [-0.3, -0.25) is 9.59 Å². The molecule has 5 N–H and O–H groups in total. The number of ketones is 1. The number of carbonyl (C=O) groups is 2. The van der Waals surface area contributed by atoms with Crippen LogP contribution in [0.3, 0.4) is 0 Å². The Labute approximate surface area is 203 Å². The van der Waals surface area contributed by atoms with Gasteiger partial charge in [0.25, 0.3) is 0 Å². The first-order valence-electron chi connectivity index (χ1n) is 12.6. The lowest BCUT2D eigenvalue weighted by molar-refractivity contribution is -0.157. The summed E-state index contributed by atoms with van der Waals surface area (Å²) in [5, 5.41) is 50.4. The number of aliphatic hydroxyl groups excluding tert-OH is 5. The summed E-state index contributed by atoms with van der Waals surface area (Å²) in [6.07, 6.45) is -3.97. The van der Waals surface area contributed by atoms with E-state index in [4.69, 9.17) is 9.47 Å². The van der Waals surface area contributed by atoms with Crippen molar-refractivity contribution in [3.63, 3.8) is 0 Å². The van der Waals surface area contributed by atoms with Crippen LogP contribution in [0.2, 0.25) is 0 Å². The lowest BCUT2D eigenvalue weighted by Gasteiger charge is -2.30. The SMILES string of the molecule is CC[C@@H](C)[C@H](CC(O)CC(C)=O)OC(=O)C[C@@H](O)C[C@H](OC1C[C@@H](CO)[C@H](O)[C@H]1O)[C@H](C)CC. The molecule has 1 aliphatic rings. The smallest absolute Gasteiger partial charge is 0.308 e. The van der Waals surface area contributed by atoms with Crippen LogP contribution in [0.15, 0.2) is 0 Å². The predicted molar refractivity (Wildman–Crippen MR) is 126 cm³/mol. The molecule has 0 aromatic carbocycles. The van der Waals surface area contributed by atoms with Crippen LogP contribution < -0.4 is 0 Å². The van der Waals surface area contributed by atoms with Gasteiger partial charge in [0.15, 0.2) is 0 Å². The summed E-state index contributed by atoms with van der Waals surface area (Å²) in [4.78, 5) is 23.8. The van der Waals surface area contributed by atoms with Gasteiger partial charge < -0.3 is 35.0 Å². The minimum absolute atomic E-state index is 0.000111. The molecule has 0 heterocycles. The molecule has 9 heteroatoms. The van der Waals surface area contributed by atoms with Gasteiger partial charge in [-0.25, -0.2) is 0 Å². The van der Waals surface area contributed by atoms with Crippen LogP contribution >= 0.6 is 0 Å². The highest BCUT2D eigenvalue weighted by Crippen LogP contribution is 2.32. The van der Waals surface area contributed by atoms with Crippen LogP contribution in [0.4, 0.5) is 0 Å². The van der Waals surface area contributed by atoms with Crippen molar-refractivity contribution < 1.29 is 44.6 Å². The highest BCUT2D eigenvalue weighted by atomic mass is 16.5. The zero-order valence-electron chi connectivity index (χ0n) is 21.3. The van der Waals surface area contributed by atoms with Crippen molar-refractivity contribution in [1.82, 2.24) is 0 Å². The van der Waals surface area contributed by atoms with E-state index in [0.29, 0.717) is 6.42 Å². The van der Waals surface area contributed by atoms with Crippen LogP contribution in [0.1, 0.15) is 79.6 Å². The van der Waals surface area contributed by atoms with E-state index >= 15 is 0 Å². The molecule has 0 aliphatic heterocycles. The Hall–Kier alpha value is -1.10. The van der Waals surface area contributed by atoms with E-state index < -0.39 is 54.6 Å². The first kappa shape index (κ1) is 30.9. The molecule has 0 spiro atoms. The lowest BCUT2D eigenvalue weighted by Crippen LogP contribution is -2.38. The molecule has 0 amide bonds. The van der Waals surface area contributed by atoms with E-state index in [1.54, 1.807) is 0 Å². The maximum absolute atomic E-state index is 12.6. The monoisotopic (exact) mass is 490 g/mol. The zero-order valence-corrected chi connectivity index (χ0v) is 21.3. The standard InChI is InChI=1S/C25H46O9/c1-6-14(3)20(33-22-9-17(13-26)24(31)25(22)32)11-19(29)12-23(30)34-21(15(4)7-2)10-18(28)8-16(5)27/h14-15,17-22,24-26,28-29,31-32H,6-13H2,1-5H3/t14-,15-,17+,18?,19+,20+,21+,22?,24+,25+/m1/s1. The zero-order chi connectivity index (χ0) is 26.0. The van der Waals surface area contributed by atoms with Gasteiger partial charge in [-0.15, -0.1) is 0 Å². The van der Waals surface area contributed by atoms with Crippen LogP contribution in [-0.4, -0.2) is 86.6 Å². The number of carbonyl (C=O) groups excluding carboxylic acids is 2. The predicted octanol–water partition coefficient (Wildman–Crippen LogP) is 1.35. The largest absolute Gasteiger partial charge is 0.462 e. The summed E-state index contributed by atoms with van der Waals surface area (Å²) >= 11 is 0. The molecule has 2 unspecified atom stereocenters. The van der Waals surface area contributed by atoms with Gasteiger partial charge in [0.05, 0.1) is 36.9 Å². The second kappa shape index (κ2) is 15.1. The number of esters is 1. The molecule has 0 aromatic rings. The third kappa shape index (κ3) is 9.87. The quantitative estimate of drug-likeness (QED) is 0.202. The molecule has 0 radical (unpaired) electrons. The van der Waals surface area contributed by atoms with Gasteiger partial charge in [0, 0.05) is 31.8 Å². The average Bonchev–Trinajstić information content (AvgIpc) is 3.04. The van der Waals surface area contributed by atoms with E-state index in [2.05, 4.69) is 0 Å². The van der Waals surface area contributed by atoms with Crippen molar-refractivity contribution in [2.24, 2.45) is 17.8 Å². The van der Waals surface area contributed by atoms with E-state index in [9.17, 15) is 35.1 Å². The van der Waals surface area contributed by atoms with Crippen molar-refractivity contribution in [1.29, 1.82) is 0 Å². The Kier molecular flexibility index (Phi) is 13.7. The Balaban J connectivity index is 2.71. The van der Waals surface area contributed by atoms with Gasteiger partial charge in [-0.2, -0.15) is 0 Å². The Morgan fingerprint density at radius 1 is 0.912 bits per heavy atom. The molecular formula is C25H46O9. The van der Waals surface area contributed by atoms with Crippen LogP contribution in [0, 0.1) is 17.8 Å². The maximum Gasteiger partial charge on any atom is 0.308 e. The lowest BCUT2D eigenvalue weighted by atomic mass is 9.94. The Morgan fingerprint density at radius 3 is 1.94 bits per heavy atom. The fourth-order valence-electron chi connectivity index (χ4n) is 4.41. The molecule has 10 atom stereocenters. The topological polar surface area (TPSA) is 154 Å². The molecule has 0 bridgehead atoms. The second-order valence-corrected chi connectivity index (χ2v) is 10.1. The molecular weight excluding hydrogens is 444 g/mol. The Morgan fingerprint density at radius 2 is 1.44 bits per heavy atom. The third-order valence-electron chi connectivity index (χ3n) is 7.11. The van der Waals surface area contributed by atoms with Gasteiger partial charge >= 0.3 is 5.97 Å². The molecule has 0 aromatic heterocycles. The third-order valence-corrected chi connectivity index (χ3v) is 7.11. The molecule has 1 aliphatic carbocycles. The van der Waals surface area contributed by atoms with Crippen LogP contribution in [0.25, 0.3) is 0 Å². The summed E-state index contributed by atoms with van der Waals surface area (Å²) in [5.41, 5.74) is 0. The van der Waals surface area contributed by atoms with Gasteiger partial charge in [0.2, 0.25) is 0 Å². The van der Waals surface area contributed by atoms with Gasteiger partial charge in [-0.05, 0) is 25.2 Å². The molecule has 34 heavy (non-hydrogen) atoms. The highest BCUT2D eigenvalue weighted by molar-refractivity contribution is 5.76. The second-order valence-electron chi connectivity index (χ2n) is 10.1. The average molecular weight is 491 g/mol. The molecule has 9 nitrogen and oxygen atoms in total. The summed E-state index contributed by atoms with van der Waals surface area (Å²) in [7, 11) is 0. The van der Waals surface area contributed by atoms with Gasteiger partial charge in [0.1, 0.15) is 18.0 Å². The summed E-state index contributed by atoms with van der Waals surface area (Å²) in [6.45, 7) is 8.92. The molecule has 1 fully saturated rings. The number of aliphatic hydroxyl groups is 5. The van der Waals surface area contributed by atoms with E-state index in [1.807, 2.05) is 27.7 Å². The number of hydrogen-bond donors (Lipinski definition) is 5. The normalized spacial score (nSPS) is 28.1. The number of rotatable bonds is 16. The fourth-order valence-corrected chi connectivity index (χ4v) is 4.41. The number of hydrogen-bond acceptors (Lipinski definition) is 9. The maximum atomic E-state index is 12.6. The Bertz CT molecular complexity index is 613. The van der Waals surface area contributed by atoms with Gasteiger partial charge in [-0.1, -0.05) is 40.5 Å². The molecule has 0 saturated heterocycles. The molecule has 1 saturated carbocycles. The van der Waals surface area contributed by atoms with E-state index in [1.165, 1.54) is 6.92 Å². The first-order valence-corrected chi connectivity index (χ1v) is 12.6. The first-order chi connectivity index (χ1) is 15.9. The number of ether oxygens (including phenoxy) is 2. The van der Waals surface area contributed by atoms with Crippen molar-refractivity contribution in [3.8, 4) is 0 Å². The minimum Gasteiger partial charge on any atom is -0.462 e. The summed E-state index contributed by atoms with van der Waals surface area (Å²) in [5.74, 6) is -1.19.